The van der Waals surface area contributed by atoms with Crippen LogP contribution in [0.3, 0.4) is 0 Å². The van der Waals surface area contributed by atoms with Gasteiger partial charge in [0.1, 0.15) is 23.9 Å². The lowest BCUT2D eigenvalue weighted by molar-refractivity contribution is -0.145. The van der Waals surface area contributed by atoms with E-state index in [2.05, 4.69) is 4.74 Å². The summed E-state index contributed by atoms with van der Waals surface area (Å²) in [5, 5.41) is 0. The highest BCUT2D eigenvalue weighted by Gasteiger charge is 2.13. The van der Waals surface area contributed by atoms with Gasteiger partial charge in [0.05, 0.1) is 13.0 Å². The lowest BCUT2D eigenvalue weighted by Crippen LogP contribution is -2.19. The quantitative estimate of drug-likeness (QED) is 0.760. The summed E-state index contributed by atoms with van der Waals surface area (Å²) in [6, 6.07) is 16.8. The number of hydrogen-bond acceptors (Lipinski definition) is 4. The van der Waals surface area contributed by atoms with E-state index in [1.165, 1.54) is 7.11 Å². The van der Waals surface area contributed by atoms with E-state index < -0.39 is 0 Å². The van der Waals surface area contributed by atoms with Crippen molar-refractivity contribution in [2.75, 3.05) is 13.7 Å². The molecule has 21 heavy (non-hydrogen) atoms. The summed E-state index contributed by atoms with van der Waals surface area (Å²) in [7, 11) is 1.37. The largest absolute Gasteiger partial charge is 0.493 e. The van der Waals surface area contributed by atoms with Gasteiger partial charge in [-0.2, -0.15) is 0 Å². The minimum atomic E-state index is -0.296. The summed E-state index contributed by atoms with van der Waals surface area (Å²) in [6.07, 6.45) is 0. The Hall–Kier alpha value is -2.49. The van der Waals surface area contributed by atoms with Gasteiger partial charge in [-0.05, 0) is 43.3 Å². The van der Waals surface area contributed by atoms with Gasteiger partial charge < -0.3 is 14.2 Å². The molecule has 1 atom stereocenters. The van der Waals surface area contributed by atoms with Crippen molar-refractivity contribution in [3.63, 3.8) is 0 Å². The van der Waals surface area contributed by atoms with Gasteiger partial charge in [0.15, 0.2) is 0 Å². The molecule has 0 heterocycles. The molecule has 0 saturated heterocycles. The van der Waals surface area contributed by atoms with Gasteiger partial charge in [0, 0.05) is 0 Å². The SMILES string of the molecule is COC(=O)C(C)COc1ccc(Oc2ccccc2)cc1. The number of esters is 1. The zero-order valence-corrected chi connectivity index (χ0v) is 12.1. The number of ether oxygens (including phenoxy) is 3. The summed E-state index contributed by atoms with van der Waals surface area (Å²) < 4.78 is 15.9. The normalized spacial score (nSPS) is 11.5. The van der Waals surface area contributed by atoms with Gasteiger partial charge in [-0.1, -0.05) is 18.2 Å². The predicted octanol–water partition coefficient (Wildman–Crippen LogP) is 3.67. The molecule has 2 aromatic carbocycles. The van der Waals surface area contributed by atoms with Crippen LogP contribution in [-0.2, 0) is 9.53 Å². The van der Waals surface area contributed by atoms with Gasteiger partial charge in [0.25, 0.3) is 0 Å². The second-order valence-corrected chi connectivity index (χ2v) is 4.62. The number of methoxy groups -OCH3 is 1. The van der Waals surface area contributed by atoms with Crippen LogP contribution in [0.1, 0.15) is 6.92 Å². The average molecular weight is 286 g/mol. The predicted molar refractivity (Wildman–Crippen MR) is 79.6 cm³/mol. The van der Waals surface area contributed by atoms with Crippen LogP contribution in [0.4, 0.5) is 0 Å². The summed E-state index contributed by atoms with van der Waals surface area (Å²) in [5.41, 5.74) is 0. The van der Waals surface area contributed by atoms with Gasteiger partial charge in [-0.3, -0.25) is 4.79 Å². The fourth-order valence-corrected chi connectivity index (χ4v) is 1.72. The van der Waals surface area contributed by atoms with Crippen molar-refractivity contribution in [3.05, 3.63) is 54.6 Å². The Morgan fingerprint density at radius 1 is 0.952 bits per heavy atom. The van der Waals surface area contributed by atoms with Crippen LogP contribution in [0.15, 0.2) is 54.6 Å². The maximum absolute atomic E-state index is 11.3. The second-order valence-electron chi connectivity index (χ2n) is 4.62. The van der Waals surface area contributed by atoms with Crippen LogP contribution in [0.25, 0.3) is 0 Å². The molecule has 2 aromatic rings. The fraction of sp³-hybridized carbons (Fsp3) is 0.235. The number of carbonyl (C=O) groups excluding carboxylic acids is 1. The first kappa shape index (κ1) is 14.9. The summed E-state index contributed by atoms with van der Waals surface area (Å²) in [6.45, 7) is 2.05. The Kier molecular flexibility index (Phi) is 5.21. The monoisotopic (exact) mass is 286 g/mol. The third-order valence-corrected chi connectivity index (χ3v) is 2.91. The lowest BCUT2D eigenvalue weighted by Gasteiger charge is -2.11. The number of carbonyl (C=O) groups is 1. The maximum atomic E-state index is 11.3. The number of para-hydroxylation sites is 1. The molecule has 0 bridgehead atoms. The van der Waals surface area contributed by atoms with E-state index >= 15 is 0 Å². The first-order valence-corrected chi connectivity index (χ1v) is 6.72. The second kappa shape index (κ2) is 7.33. The zero-order valence-electron chi connectivity index (χ0n) is 12.1. The van der Waals surface area contributed by atoms with Crippen molar-refractivity contribution in [3.8, 4) is 17.2 Å². The van der Waals surface area contributed by atoms with Crippen molar-refractivity contribution < 1.29 is 19.0 Å². The van der Waals surface area contributed by atoms with Crippen LogP contribution in [0.2, 0.25) is 0 Å². The number of rotatable bonds is 6. The molecule has 0 radical (unpaired) electrons. The van der Waals surface area contributed by atoms with Crippen LogP contribution < -0.4 is 9.47 Å². The smallest absolute Gasteiger partial charge is 0.311 e. The molecule has 0 spiro atoms. The Balaban J connectivity index is 1.89. The number of hydrogen-bond donors (Lipinski definition) is 0. The Morgan fingerprint density at radius 2 is 1.52 bits per heavy atom. The molecule has 0 fully saturated rings. The van der Waals surface area contributed by atoms with Crippen molar-refractivity contribution in [1.29, 1.82) is 0 Å². The van der Waals surface area contributed by atoms with Crippen molar-refractivity contribution in [2.24, 2.45) is 5.92 Å². The molecule has 0 N–H and O–H groups in total. The lowest BCUT2D eigenvalue weighted by atomic mass is 10.2. The third kappa shape index (κ3) is 4.53. The van der Waals surface area contributed by atoms with Crippen LogP contribution >= 0.6 is 0 Å². The number of benzene rings is 2. The van der Waals surface area contributed by atoms with E-state index in [0.717, 1.165) is 11.5 Å². The third-order valence-electron chi connectivity index (χ3n) is 2.91. The van der Waals surface area contributed by atoms with Crippen LogP contribution in [0.5, 0.6) is 17.2 Å². The standard InChI is InChI=1S/C17H18O4/c1-13(17(18)19-2)12-20-14-8-10-16(11-9-14)21-15-6-4-3-5-7-15/h3-11,13H,12H2,1-2H3. The van der Waals surface area contributed by atoms with Gasteiger partial charge in [-0.15, -0.1) is 0 Å². The molecule has 2 rings (SSSR count). The fourth-order valence-electron chi connectivity index (χ4n) is 1.72. The highest BCUT2D eigenvalue weighted by atomic mass is 16.5. The molecule has 0 saturated carbocycles. The van der Waals surface area contributed by atoms with E-state index in [4.69, 9.17) is 9.47 Å². The van der Waals surface area contributed by atoms with Crippen LogP contribution in [0, 0.1) is 5.92 Å². The first-order chi connectivity index (χ1) is 10.2. The molecule has 1 unspecified atom stereocenters. The summed E-state index contributed by atoms with van der Waals surface area (Å²) in [4.78, 5) is 11.3. The van der Waals surface area contributed by atoms with E-state index in [0.29, 0.717) is 5.75 Å². The van der Waals surface area contributed by atoms with Crippen LogP contribution in [-0.4, -0.2) is 19.7 Å². The first-order valence-electron chi connectivity index (χ1n) is 6.72. The molecule has 0 aliphatic heterocycles. The van der Waals surface area contributed by atoms with E-state index in [9.17, 15) is 4.79 Å². The zero-order chi connectivity index (χ0) is 15.1. The van der Waals surface area contributed by atoms with E-state index in [1.807, 2.05) is 54.6 Å². The Morgan fingerprint density at radius 3 is 2.14 bits per heavy atom. The molecule has 0 aliphatic carbocycles. The molecule has 4 nitrogen and oxygen atoms in total. The minimum Gasteiger partial charge on any atom is -0.493 e. The van der Waals surface area contributed by atoms with Crippen molar-refractivity contribution >= 4 is 5.97 Å². The van der Waals surface area contributed by atoms with Gasteiger partial charge >= 0.3 is 5.97 Å². The Labute approximate surface area is 124 Å². The minimum absolute atomic E-state index is 0.279. The molecular weight excluding hydrogens is 268 g/mol. The highest BCUT2D eigenvalue weighted by molar-refractivity contribution is 5.71. The molecule has 110 valence electrons. The molecular formula is C17H18O4. The molecule has 0 aliphatic rings. The maximum Gasteiger partial charge on any atom is 0.311 e. The summed E-state index contributed by atoms with van der Waals surface area (Å²) in [5.74, 6) is 1.63. The highest BCUT2D eigenvalue weighted by Crippen LogP contribution is 2.23. The van der Waals surface area contributed by atoms with E-state index in [1.54, 1.807) is 6.92 Å². The molecule has 4 heteroatoms. The van der Waals surface area contributed by atoms with E-state index in [-0.39, 0.29) is 18.5 Å². The topological polar surface area (TPSA) is 44.8 Å². The van der Waals surface area contributed by atoms with Gasteiger partial charge in [0.2, 0.25) is 0 Å². The Bertz CT molecular complexity index is 563. The van der Waals surface area contributed by atoms with Crippen molar-refractivity contribution in [1.82, 2.24) is 0 Å². The molecule has 0 amide bonds. The average Bonchev–Trinajstić information content (AvgIpc) is 2.54. The van der Waals surface area contributed by atoms with Gasteiger partial charge in [-0.25, -0.2) is 0 Å². The van der Waals surface area contributed by atoms with Crippen molar-refractivity contribution in [2.45, 2.75) is 6.92 Å². The molecule has 0 aromatic heterocycles. The summed E-state index contributed by atoms with van der Waals surface area (Å²) >= 11 is 0.